The highest BCUT2D eigenvalue weighted by molar-refractivity contribution is 5.67. The van der Waals surface area contributed by atoms with Crippen LogP contribution >= 0.6 is 0 Å². The lowest BCUT2D eigenvalue weighted by Gasteiger charge is -2.15. The van der Waals surface area contributed by atoms with Crippen molar-refractivity contribution in [2.45, 2.75) is 19.8 Å². The Hall–Kier alpha value is -2.95. The summed E-state index contributed by atoms with van der Waals surface area (Å²) in [6, 6.07) is 12.0. The number of phenolic OH excluding ortho intramolecular Hbond substituents is 1. The summed E-state index contributed by atoms with van der Waals surface area (Å²) in [5, 5.41) is 9.48. The third-order valence-corrected chi connectivity index (χ3v) is 4.52. The molecule has 3 aromatic carbocycles. The van der Waals surface area contributed by atoms with Gasteiger partial charge >= 0.3 is 0 Å². The van der Waals surface area contributed by atoms with Gasteiger partial charge in [-0.15, -0.1) is 0 Å². The first-order valence-electron chi connectivity index (χ1n) is 8.50. The average molecular weight is 372 g/mol. The van der Waals surface area contributed by atoms with Crippen LogP contribution in [0.4, 0.5) is 13.2 Å². The van der Waals surface area contributed by atoms with E-state index in [1.165, 1.54) is 19.2 Å². The number of aryl methyl sites for hydroxylation is 2. The van der Waals surface area contributed by atoms with E-state index < -0.39 is 17.4 Å². The van der Waals surface area contributed by atoms with Gasteiger partial charge < -0.3 is 9.84 Å². The monoisotopic (exact) mass is 372 g/mol. The summed E-state index contributed by atoms with van der Waals surface area (Å²) in [4.78, 5) is 0. The van der Waals surface area contributed by atoms with Gasteiger partial charge in [-0.25, -0.2) is 13.2 Å². The molecule has 1 N–H and O–H groups in total. The number of benzene rings is 3. The fourth-order valence-corrected chi connectivity index (χ4v) is 3.23. The van der Waals surface area contributed by atoms with Crippen molar-refractivity contribution in [2.75, 3.05) is 7.11 Å². The van der Waals surface area contributed by atoms with Crippen molar-refractivity contribution in [3.05, 3.63) is 82.7 Å². The summed E-state index contributed by atoms with van der Waals surface area (Å²) in [5.41, 5.74) is 2.91. The molecule has 0 heterocycles. The minimum Gasteiger partial charge on any atom is -0.505 e. The van der Waals surface area contributed by atoms with Gasteiger partial charge in [0.15, 0.2) is 11.6 Å². The zero-order chi connectivity index (χ0) is 19.6. The van der Waals surface area contributed by atoms with Gasteiger partial charge in [-0.05, 0) is 78.4 Å². The SMILES string of the molecule is COc1c(C)cc(-c2cccc(F)c2)cc1CCc1c(F)ccc(O)c1F. The van der Waals surface area contributed by atoms with E-state index in [2.05, 4.69) is 0 Å². The fraction of sp³-hybridized carbons (Fsp3) is 0.182. The number of hydrogen-bond acceptors (Lipinski definition) is 2. The lowest BCUT2D eigenvalue weighted by molar-refractivity contribution is 0.405. The van der Waals surface area contributed by atoms with E-state index in [1.54, 1.807) is 12.1 Å². The minimum atomic E-state index is -0.952. The molecule has 2 nitrogen and oxygen atoms in total. The van der Waals surface area contributed by atoms with Crippen LogP contribution in [0, 0.1) is 24.4 Å². The summed E-state index contributed by atoms with van der Waals surface area (Å²) in [7, 11) is 1.53. The molecule has 0 atom stereocenters. The van der Waals surface area contributed by atoms with Gasteiger partial charge in [0.25, 0.3) is 0 Å². The molecule has 0 fully saturated rings. The molecule has 0 spiro atoms. The van der Waals surface area contributed by atoms with Crippen LogP contribution in [0.5, 0.6) is 11.5 Å². The summed E-state index contributed by atoms with van der Waals surface area (Å²) in [6.45, 7) is 1.86. The maximum atomic E-state index is 14.1. The number of phenols is 1. The predicted molar refractivity (Wildman–Crippen MR) is 98.6 cm³/mol. The molecule has 3 aromatic rings. The molecule has 0 bridgehead atoms. The molecule has 5 heteroatoms. The molecule has 0 amide bonds. The Morgan fingerprint density at radius 1 is 0.926 bits per heavy atom. The summed E-state index contributed by atoms with van der Waals surface area (Å²) in [6.07, 6.45) is 0.346. The smallest absolute Gasteiger partial charge is 0.170 e. The topological polar surface area (TPSA) is 29.5 Å². The zero-order valence-corrected chi connectivity index (χ0v) is 15.0. The van der Waals surface area contributed by atoms with Crippen LogP contribution in [0.1, 0.15) is 16.7 Å². The van der Waals surface area contributed by atoms with Crippen LogP contribution < -0.4 is 4.74 Å². The van der Waals surface area contributed by atoms with E-state index in [1.807, 2.05) is 19.1 Å². The lowest BCUT2D eigenvalue weighted by Crippen LogP contribution is -2.02. The Kier molecular flexibility index (Phi) is 5.40. The van der Waals surface area contributed by atoms with E-state index in [9.17, 15) is 18.3 Å². The fourth-order valence-electron chi connectivity index (χ4n) is 3.23. The van der Waals surface area contributed by atoms with Crippen molar-refractivity contribution in [1.82, 2.24) is 0 Å². The van der Waals surface area contributed by atoms with Crippen LogP contribution in [-0.2, 0) is 12.8 Å². The van der Waals surface area contributed by atoms with Gasteiger partial charge in [-0.3, -0.25) is 0 Å². The molecular weight excluding hydrogens is 353 g/mol. The minimum absolute atomic E-state index is 0.0501. The van der Waals surface area contributed by atoms with Gasteiger partial charge in [0.05, 0.1) is 7.11 Å². The zero-order valence-electron chi connectivity index (χ0n) is 15.0. The van der Waals surface area contributed by atoms with Crippen molar-refractivity contribution in [3.63, 3.8) is 0 Å². The molecule has 0 aromatic heterocycles. The van der Waals surface area contributed by atoms with Crippen molar-refractivity contribution in [1.29, 1.82) is 0 Å². The van der Waals surface area contributed by atoms with Crippen LogP contribution in [0.15, 0.2) is 48.5 Å². The second kappa shape index (κ2) is 7.74. The second-order valence-corrected chi connectivity index (χ2v) is 6.35. The average Bonchev–Trinajstić information content (AvgIpc) is 2.64. The first-order valence-corrected chi connectivity index (χ1v) is 8.50. The van der Waals surface area contributed by atoms with Crippen LogP contribution in [0.25, 0.3) is 11.1 Å². The molecule has 3 rings (SSSR count). The number of halogens is 3. The normalized spacial score (nSPS) is 10.9. The maximum absolute atomic E-state index is 14.1. The third-order valence-electron chi connectivity index (χ3n) is 4.52. The lowest BCUT2D eigenvalue weighted by atomic mass is 9.95. The molecule has 0 saturated heterocycles. The molecular formula is C22H19F3O2. The first-order chi connectivity index (χ1) is 12.9. The largest absolute Gasteiger partial charge is 0.505 e. The van der Waals surface area contributed by atoms with Crippen LogP contribution in [-0.4, -0.2) is 12.2 Å². The van der Waals surface area contributed by atoms with Crippen molar-refractivity contribution < 1.29 is 23.0 Å². The molecule has 0 radical (unpaired) electrons. The van der Waals surface area contributed by atoms with E-state index in [-0.39, 0.29) is 17.8 Å². The van der Waals surface area contributed by atoms with Crippen LogP contribution in [0.2, 0.25) is 0 Å². The standard InChI is InChI=1S/C22H19F3O2/c1-13-10-16(14-4-3-5-17(23)12-14)11-15(22(13)27-2)6-7-18-19(24)8-9-20(26)21(18)25/h3-5,8-12,26H,6-7H2,1-2H3. The quantitative estimate of drug-likeness (QED) is 0.634. The number of ether oxygens (including phenoxy) is 1. The van der Waals surface area contributed by atoms with E-state index in [4.69, 9.17) is 4.74 Å². The van der Waals surface area contributed by atoms with Gasteiger partial charge in [-0.1, -0.05) is 12.1 Å². The van der Waals surface area contributed by atoms with Crippen LogP contribution in [0.3, 0.4) is 0 Å². The molecule has 140 valence electrons. The number of rotatable bonds is 5. The predicted octanol–water partition coefficient (Wildman–Crippen LogP) is 5.58. The van der Waals surface area contributed by atoms with E-state index in [0.717, 1.165) is 28.8 Å². The van der Waals surface area contributed by atoms with E-state index in [0.29, 0.717) is 17.7 Å². The Balaban J connectivity index is 1.98. The number of aromatic hydroxyl groups is 1. The Labute approximate surface area is 155 Å². The molecule has 27 heavy (non-hydrogen) atoms. The number of methoxy groups -OCH3 is 1. The van der Waals surface area contributed by atoms with Crippen molar-refractivity contribution >= 4 is 0 Å². The maximum Gasteiger partial charge on any atom is 0.170 e. The third kappa shape index (κ3) is 3.92. The Morgan fingerprint density at radius 2 is 1.70 bits per heavy atom. The molecule has 0 aliphatic rings. The van der Waals surface area contributed by atoms with Gasteiger partial charge in [-0.2, -0.15) is 0 Å². The van der Waals surface area contributed by atoms with Gasteiger partial charge in [0.2, 0.25) is 0 Å². The van der Waals surface area contributed by atoms with Crippen molar-refractivity contribution in [2.24, 2.45) is 0 Å². The van der Waals surface area contributed by atoms with Gasteiger partial charge in [0, 0.05) is 5.56 Å². The first kappa shape index (κ1) is 18.8. The molecule has 0 aliphatic heterocycles. The Bertz CT molecular complexity index is 984. The highest BCUT2D eigenvalue weighted by Crippen LogP contribution is 2.32. The summed E-state index contributed by atoms with van der Waals surface area (Å²) in [5.74, 6) is -1.96. The molecule has 0 aliphatic carbocycles. The summed E-state index contributed by atoms with van der Waals surface area (Å²) < 4.78 is 47.0. The second-order valence-electron chi connectivity index (χ2n) is 6.35. The van der Waals surface area contributed by atoms with Crippen molar-refractivity contribution in [3.8, 4) is 22.6 Å². The van der Waals surface area contributed by atoms with E-state index >= 15 is 0 Å². The molecule has 0 saturated carbocycles. The summed E-state index contributed by atoms with van der Waals surface area (Å²) >= 11 is 0. The number of hydrogen-bond donors (Lipinski definition) is 1. The highest BCUT2D eigenvalue weighted by Gasteiger charge is 2.16. The highest BCUT2D eigenvalue weighted by atomic mass is 19.1. The van der Waals surface area contributed by atoms with Gasteiger partial charge in [0.1, 0.15) is 17.4 Å². The Morgan fingerprint density at radius 3 is 2.41 bits per heavy atom. The molecule has 0 unspecified atom stereocenters.